The van der Waals surface area contributed by atoms with Crippen LogP contribution in [0.25, 0.3) is 66.1 Å². The van der Waals surface area contributed by atoms with Crippen LogP contribution in [0.3, 0.4) is 0 Å². The largest absolute Gasteiger partial charge is 0.397 e. The second-order valence-corrected chi connectivity index (χ2v) is 29.4. The standard InChI is InChI=1S/C31H34N4O2.C29H31N5O2.C29H29N5O/c32-28-10-8-24(23-4-2-1-3-5-23)21-29(28)33-31(36)25-9-11-30-26(19-25)20-27(18-22-6-7-22)35(30)13-12-34-14-16-37-17-15-34;30-25-10-8-22(20-4-2-1-3-5-20)19-26(25)31-29(35)23-9-11-27-24(18-23)28(21-6-7-21)32-34(27)13-12-33-14-16-36-17-15-33;30-25-10-8-21(19-4-2-1-3-5-19)18-26(25)32-29(35)23-16-22-9-11-27(34-14-12-31-13-15-34)33-28(22)24(17-23)20-6-7-20/h1-5,8-11,19-22H,6-7,12-18,32H2,(H,33,36);1-5,8-11,18-19,21H,6-7,12-17,30H2,(H,31,35);1-5,8-11,16-18,20,31H,6-7,12-15,30H2,(H,32,35). The molecule has 0 radical (unpaired) electrons. The van der Waals surface area contributed by atoms with Crippen LogP contribution in [0.2, 0.25) is 0 Å². The van der Waals surface area contributed by atoms with Gasteiger partial charge in [0.05, 0.1) is 83.8 Å². The first-order valence-corrected chi connectivity index (χ1v) is 38.4. The third-order valence-corrected chi connectivity index (χ3v) is 21.7. The molecule has 0 unspecified atom stereocenters. The zero-order valence-electron chi connectivity index (χ0n) is 61.1. The zero-order valence-corrected chi connectivity index (χ0v) is 61.1. The van der Waals surface area contributed by atoms with E-state index in [0.717, 1.165) is 215 Å². The number of ether oxygens (including phenoxy) is 2. The summed E-state index contributed by atoms with van der Waals surface area (Å²) in [7, 11) is 0. The Morgan fingerprint density at radius 1 is 0.444 bits per heavy atom. The van der Waals surface area contributed by atoms with Crippen molar-refractivity contribution in [2.24, 2.45) is 5.92 Å². The number of amides is 3. The van der Waals surface area contributed by atoms with Gasteiger partial charge in [0.1, 0.15) is 5.82 Å². The number of pyridine rings is 1. The number of rotatable bonds is 20. The summed E-state index contributed by atoms with van der Waals surface area (Å²) in [6.07, 6.45) is 8.37. The van der Waals surface area contributed by atoms with Crippen LogP contribution in [0.5, 0.6) is 0 Å². The lowest BCUT2D eigenvalue weighted by Crippen LogP contribution is -2.43. The molecule has 108 heavy (non-hydrogen) atoms. The minimum absolute atomic E-state index is 0.149. The molecule has 12 aromatic rings. The molecule has 3 saturated carbocycles. The Kier molecular flexibility index (Phi) is 21.4. The highest BCUT2D eigenvalue weighted by Crippen LogP contribution is 2.45. The summed E-state index contributed by atoms with van der Waals surface area (Å²) in [5.41, 5.74) is 37.3. The van der Waals surface area contributed by atoms with Gasteiger partial charge in [-0.15, -0.1) is 0 Å². The molecule has 3 aliphatic heterocycles. The molecule has 10 N–H and O–H groups in total. The van der Waals surface area contributed by atoms with Gasteiger partial charge in [-0.2, -0.15) is 5.10 Å². The van der Waals surface area contributed by atoms with Crippen molar-refractivity contribution in [3.8, 4) is 33.4 Å². The molecule has 9 aromatic carbocycles. The first kappa shape index (κ1) is 71.1. The minimum atomic E-state index is -0.170. The van der Waals surface area contributed by atoms with Gasteiger partial charge in [0.2, 0.25) is 0 Å². The van der Waals surface area contributed by atoms with Gasteiger partial charge in [-0.05, 0) is 199 Å². The number of fused-ring (bicyclic) bond motifs is 3. The monoisotopic (exact) mass is 1440 g/mol. The summed E-state index contributed by atoms with van der Waals surface area (Å²) >= 11 is 0. The van der Waals surface area contributed by atoms with Crippen LogP contribution in [0.4, 0.5) is 39.9 Å². The number of carbonyl (C=O) groups excluding carboxylic acids is 3. The number of morpholine rings is 2. The lowest BCUT2D eigenvalue weighted by atomic mass is 10.0. The summed E-state index contributed by atoms with van der Waals surface area (Å²) in [5.74, 6) is 2.31. The van der Waals surface area contributed by atoms with E-state index in [2.05, 4.69) is 69.5 Å². The van der Waals surface area contributed by atoms with Crippen LogP contribution in [-0.4, -0.2) is 139 Å². The van der Waals surface area contributed by atoms with E-state index in [4.69, 9.17) is 36.8 Å². The van der Waals surface area contributed by atoms with Crippen molar-refractivity contribution in [2.45, 2.75) is 69.9 Å². The number of nitrogen functional groups attached to an aromatic ring is 3. The molecule has 6 aliphatic rings. The molecular formula is C89H94N14O5. The number of aromatic nitrogens is 4. The van der Waals surface area contributed by atoms with Gasteiger partial charge in [-0.1, -0.05) is 109 Å². The van der Waals surface area contributed by atoms with Gasteiger partial charge < -0.3 is 57.4 Å². The SMILES string of the molecule is Nc1ccc(-c2ccccc2)cc1NC(=O)c1cc(C2CC2)c2nc(N3CCNCC3)ccc2c1.Nc1ccc(-c2ccccc2)cc1NC(=O)c1ccc2c(c1)c(C1CC1)nn2CCN1CCOCC1.Nc1ccc(-c2ccccc2)cc1NC(=O)c1ccc2c(c1)cc(CC1CC1)n2CCN1CCOCC1. The fraction of sp³-hybridized carbons (Fsp3) is 0.292. The van der Waals surface area contributed by atoms with E-state index in [-0.39, 0.29) is 17.7 Å². The predicted octanol–water partition coefficient (Wildman–Crippen LogP) is 15.2. The maximum absolute atomic E-state index is 13.4. The molecule has 6 fully saturated rings. The molecule has 3 amide bonds. The summed E-state index contributed by atoms with van der Waals surface area (Å²) in [5, 5.41) is 20.7. The molecule has 18 rings (SSSR count). The molecule has 19 nitrogen and oxygen atoms in total. The Bertz CT molecular complexity index is 5210. The number of hydrogen-bond donors (Lipinski definition) is 7. The van der Waals surface area contributed by atoms with Crippen molar-refractivity contribution < 1.29 is 23.9 Å². The quantitative estimate of drug-likeness (QED) is 0.0351. The minimum Gasteiger partial charge on any atom is -0.397 e. The van der Waals surface area contributed by atoms with E-state index >= 15 is 0 Å². The van der Waals surface area contributed by atoms with Crippen molar-refractivity contribution in [1.29, 1.82) is 0 Å². The maximum atomic E-state index is 13.4. The van der Waals surface area contributed by atoms with Crippen LogP contribution in [0.1, 0.15) is 98.4 Å². The van der Waals surface area contributed by atoms with E-state index in [1.165, 1.54) is 29.6 Å². The highest BCUT2D eigenvalue weighted by Gasteiger charge is 2.32. The van der Waals surface area contributed by atoms with Gasteiger partial charge >= 0.3 is 0 Å². The molecule has 3 saturated heterocycles. The molecule has 3 aliphatic carbocycles. The molecule has 0 bridgehead atoms. The smallest absolute Gasteiger partial charge is 0.255 e. The Labute approximate surface area is 630 Å². The summed E-state index contributed by atoms with van der Waals surface area (Å²) < 4.78 is 15.6. The zero-order chi connectivity index (χ0) is 73.5. The van der Waals surface area contributed by atoms with Crippen LogP contribution >= 0.6 is 0 Å². The number of nitrogens with two attached hydrogens (primary N) is 3. The van der Waals surface area contributed by atoms with Crippen molar-refractivity contribution >= 4 is 90.4 Å². The first-order chi connectivity index (χ1) is 52.9. The number of hydrogen-bond acceptors (Lipinski definition) is 14. The fourth-order valence-corrected chi connectivity index (χ4v) is 15.0. The first-order valence-electron chi connectivity index (χ1n) is 38.4. The molecule has 550 valence electrons. The highest BCUT2D eigenvalue weighted by atomic mass is 16.5. The van der Waals surface area contributed by atoms with Crippen LogP contribution < -0.4 is 43.4 Å². The van der Waals surface area contributed by atoms with Crippen LogP contribution in [-0.2, 0) is 29.0 Å². The van der Waals surface area contributed by atoms with E-state index in [1.807, 2.05) is 188 Å². The third-order valence-electron chi connectivity index (χ3n) is 21.7. The lowest BCUT2D eigenvalue weighted by Gasteiger charge is -2.28. The molecule has 0 atom stereocenters. The molecule has 19 heteroatoms. The second kappa shape index (κ2) is 32.5. The summed E-state index contributed by atoms with van der Waals surface area (Å²) in [4.78, 5) is 52.2. The van der Waals surface area contributed by atoms with Gasteiger partial charge in [-0.25, -0.2) is 4.98 Å². The Morgan fingerprint density at radius 3 is 1.45 bits per heavy atom. The molecular weight excluding hydrogens is 1350 g/mol. The van der Waals surface area contributed by atoms with Gasteiger partial charge in [0, 0.05) is 122 Å². The average Bonchev–Trinajstić information content (AvgIpc) is 1.57. The van der Waals surface area contributed by atoms with Crippen molar-refractivity contribution in [1.82, 2.24) is 34.4 Å². The summed E-state index contributed by atoms with van der Waals surface area (Å²) in [6, 6.07) is 69.9. The van der Waals surface area contributed by atoms with Crippen LogP contribution in [0, 0.1) is 5.92 Å². The average molecular weight is 1440 g/mol. The number of nitrogens with zero attached hydrogens (tertiary/aromatic N) is 7. The molecule has 0 spiro atoms. The normalized spacial score (nSPS) is 16.1. The van der Waals surface area contributed by atoms with E-state index < -0.39 is 0 Å². The van der Waals surface area contributed by atoms with Crippen molar-refractivity contribution in [2.75, 3.05) is 130 Å². The molecule has 6 heterocycles. The Morgan fingerprint density at radius 2 is 0.935 bits per heavy atom. The predicted molar refractivity (Wildman–Crippen MR) is 436 cm³/mol. The van der Waals surface area contributed by atoms with E-state index in [1.54, 1.807) is 0 Å². The topological polar surface area (TPSA) is 241 Å². The highest BCUT2D eigenvalue weighted by molar-refractivity contribution is 6.10. The van der Waals surface area contributed by atoms with Crippen molar-refractivity contribution in [3.05, 3.63) is 246 Å². The Hall–Kier alpha value is -11.2. The number of carbonyl (C=O) groups is 3. The number of piperazine rings is 1. The number of nitrogens with one attached hydrogen (secondary N) is 4. The van der Waals surface area contributed by atoms with Gasteiger partial charge in [0.25, 0.3) is 17.7 Å². The third kappa shape index (κ3) is 17.0. The van der Waals surface area contributed by atoms with Crippen molar-refractivity contribution in [3.63, 3.8) is 0 Å². The van der Waals surface area contributed by atoms with Gasteiger partial charge in [-0.3, -0.25) is 28.9 Å². The maximum Gasteiger partial charge on any atom is 0.255 e. The van der Waals surface area contributed by atoms with E-state index in [0.29, 0.717) is 62.7 Å². The van der Waals surface area contributed by atoms with Gasteiger partial charge in [0.15, 0.2) is 0 Å². The number of anilines is 7. The molecule has 3 aromatic heterocycles. The lowest BCUT2D eigenvalue weighted by molar-refractivity contribution is 0.0361. The summed E-state index contributed by atoms with van der Waals surface area (Å²) in [6.45, 7) is 14.8. The second-order valence-electron chi connectivity index (χ2n) is 29.4. The van der Waals surface area contributed by atoms with Crippen LogP contribution in [0.15, 0.2) is 212 Å². The van der Waals surface area contributed by atoms with E-state index in [9.17, 15) is 14.4 Å². The number of benzene rings is 9. The fourth-order valence-electron chi connectivity index (χ4n) is 15.0. The Balaban J connectivity index is 0.000000124.